The number of nitrogens with one attached hydrogen (secondary N) is 1. The van der Waals surface area contributed by atoms with Crippen molar-refractivity contribution < 1.29 is 18.0 Å². The first-order valence-corrected chi connectivity index (χ1v) is 9.48. The Morgan fingerprint density at radius 3 is 2.48 bits per heavy atom. The molecular weight excluding hydrogens is 344 g/mol. The maximum absolute atomic E-state index is 12.2. The smallest absolute Gasteiger partial charge is 0.242 e. The molecule has 1 aromatic rings. The van der Waals surface area contributed by atoms with E-state index < -0.39 is 10.0 Å². The topological polar surface area (TPSA) is 113 Å². The van der Waals surface area contributed by atoms with Gasteiger partial charge in [0.25, 0.3) is 0 Å². The predicted octanol–water partition coefficient (Wildman–Crippen LogP) is 0.0727. The Hall–Kier alpha value is -1.97. The van der Waals surface area contributed by atoms with Crippen molar-refractivity contribution in [1.29, 1.82) is 0 Å². The molecule has 1 aliphatic heterocycles. The number of hydrogen-bond donors (Lipinski definition) is 2. The second-order valence-corrected chi connectivity index (χ2v) is 8.49. The molecule has 1 saturated heterocycles. The molecule has 8 nitrogen and oxygen atoms in total. The third kappa shape index (κ3) is 5.00. The van der Waals surface area contributed by atoms with Crippen LogP contribution < -0.4 is 11.1 Å². The van der Waals surface area contributed by atoms with Gasteiger partial charge in [-0.25, -0.2) is 12.7 Å². The third-order valence-electron chi connectivity index (χ3n) is 4.19. The minimum Gasteiger partial charge on any atom is -0.369 e. The number of anilines is 1. The molecule has 25 heavy (non-hydrogen) atoms. The van der Waals surface area contributed by atoms with Crippen molar-refractivity contribution in [2.75, 3.05) is 39.0 Å². The van der Waals surface area contributed by atoms with Gasteiger partial charge in [0.15, 0.2) is 0 Å². The van der Waals surface area contributed by atoms with E-state index in [0.29, 0.717) is 12.2 Å². The summed E-state index contributed by atoms with van der Waals surface area (Å²) < 4.78 is 25.1. The van der Waals surface area contributed by atoms with Crippen molar-refractivity contribution in [3.8, 4) is 0 Å². The highest BCUT2D eigenvalue weighted by Gasteiger charge is 2.25. The average Bonchev–Trinajstić information content (AvgIpc) is 2.55. The van der Waals surface area contributed by atoms with E-state index in [0.717, 1.165) is 23.7 Å². The number of carbonyl (C=O) groups is 2. The van der Waals surface area contributed by atoms with Crippen LogP contribution in [0.3, 0.4) is 0 Å². The molecule has 1 unspecified atom stereocenters. The number of sulfonamides is 1. The highest BCUT2D eigenvalue weighted by molar-refractivity contribution is 7.89. The summed E-state index contributed by atoms with van der Waals surface area (Å²) in [5, 5.41) is 2.74. The first-order valence-electron chi connectivity index (χ1n) is 8.04. The lowest BCUT2D eigenvalue weighted by Crippen LogP contribution is -2.44. The normalized spacial score (nSPS) is 18.9. The van der Waals surface area contributed by atoms with E-state index in [-0.39, 0.29) is 29.2 Å². The molecule has 0 saturated carbocycles. The summed E-state index contributed by atoms with van der Waals surface area (Å²) in [5.41, 5.74) is 5.86. The van der Waals surface area contributed by atoms with Crippen LogP contribution in [0.15, 0.2) is 29.2 Å². The van der Waals surface area contributed by atoms with Crippen LogP contribution in [-0.4, -0.2) is 63.2 Å². The lowest BCUT2D eigenvalue weighted by molar-refractivity contribution is -0.125. The quantitative estimate of drug-likeness (QED) is 0.738. The van der Waals surface area contributed by atoms with Crippen molar-refractivity contribution in [3.05, 3.63) is 24.3 Å². The van der Waals surface area contributed by atoms with Gasteiger partial charge in [-0.15, -0.1) is 0 Å². The molecule has 1 heterocycles. The molecule has 9 heteroatoms. The molecule has 0 bridgehead atoms. The van der Waals surface area contributed by atoms with Crippen molar-refractivity contribution in [3.63, 3.8) is 0 Å². The predicted molar refractivity (Wildman–Crippen MR) is 94.3 cm³/mol. The monoisotopic (exact) mass is 368 g/mol. The van der Waals surface area contributed by atoms with Crippen LogP contribution in [-0.2, 0) is 19.6 Å². The van der Waals surface area contributed by atoms with E-state index in [1.165, 1.54) is 26.2 Å². The van der Waals surface area contributed by atoms with Crippen molar-refractivity contribution in [2.24, 2.45) is 11.7 Å². The SMILES string of the molecule is CN(C)S(=O)(=O)c1ccc(NC(=O)CN2CCCC(C(N)=O)C2)cc1. The van der Waals surface area contributed by atoms with E-state index in [9.17, 15) is 18.0 Å². The van der Waals surface area contributed by atoms with Crippen LogP contribution in [0.25, 0.3) is 0 Å². The van der Waals surface area contributed by atoms with Crippen LogP contribution in [0.1, 0.15) is 12.8 Å². The van der Waals surface area contributed by atoms with Gasteiger partial charge in [-0.3, -0.25) is 14.5 Å². The zero-order valence-corrected chi connectivity index (χ0v) is 15.3. The summed E-state index contributed by atoms with van der Waals surface area (Å²) in [6, 6.07) is 6.01. The van der Waals surface area contributed by atoms with Gasteiger partial charge in [0.05, 0.1) is 17.4 Å². The van der Waals surface area contributed by atoms with Gasteiger partial charge in [0.1, 0.15) is 0 Å². The Labute approximate surface area is 148 Å². The number of nitrogens with zero attached hydrogens (tertiary/aromatic N) is 2. The molecule has 2 rings (SSSR count). The number of piperidine rings is 1. The van der Waals surface area contributed by atoms with E-state index in [2.05, 4.69) is 5.32 Å². The highest BCUT2D eigenvalue weighted by atomic mass is 32.2. The van der Waals surface area contributed by atoms with Crippen LogP contribution in [0, 0.1) is 5.92 Å². The van der Waals surface area contributed by atoms with Gasteiger partial charge in [-0.05, 0) is 43.7 Å². The number of primary amides is 1. The summed E-state index contributed by atoms with van der Waals surface area (Å²) in [4.78, 5) is 25.5. The fraction of sp³-hybridized carbons (Fsp3) is 0.500. The number of benzene rings is 1. The molecule has 1 aromatic carbocycles. The van der Waals surface area contributed by atoms with E-state index in [1.807, 2.05) is 4.90 Å². The van der Waals surface area contributed by atoms with Crippen LogP contribution >= 0.6 is 0 Å². The number of amides is 2. The minimum atomic E-state index is -3.49. The zero-order chi connectivity index (χ0) is 18.6. The zero-order valence-electron chi connectivity index (χ0n) is 14.4. The van der Waals surface area contributed by atoms with Crippen molar-refractivity contribution >= 4 is 27.5 Å². The summed E-state index contributed by atoms with van der Waals surface area (Å²) in [5.74, 6) is -0.756. The number of carbonyl (C=O) groups excluding carboxylic acids is 2. The molecule has 1 fully saturated rings. The van der Waals surface area contributed by atoms with E-state index in [4.69, 9.17) is 5.73 Å². The first-order chi connectivity index (χ1) is 11.7. The van der Waals surface area contributed by atoms with Crippen LogP contribution in [0.5, 0.6) is 0 Å². The number of hydrogen-bond acceptors (Lipinski definition) is 5. The average molecular weight is 368 g/mol. The van der Waals surface area contributed by atoms with E-state index >= 15 is 0 Å². The molecule has 0 aliphatic carbocycles. The van der Waals surface area contributed by atoms with Crippen molar-refractivity contribution in [1.82, 2.24) is 9.21 Å². The molecule has 138 valence electrons. The Morgan fingerprint density at radius 1 is 1.28 bits per heavy atom. The number of nitrogens with two attached hydrogens (primary N) is 1. The molecule has 1 aliphatic rings. The molecule has 0 radical (unpaired) electrons. The Bertz CT molecular complexity index is 731. The molecule has 2 amide bonds. The maximum atomic E-state index is 12.2. The Morgan fingerprint density at radius 2 is 1.92 bits per heavy atom. The van der Waals surface area contributed by atoms with Gasteiger partial charge >= 0.3 is 0 Å². The summed E-state index contributed by atoms with van der Waals surface area (Å²) in [6.45, 7) is 1.40. The molecule has 1 atom stereocenters. The Kier molecular flexibility index (Phi) is 6.15. The Balaban J connectivity index is 1.94. The van der Waals surface area contributed by atoms with Gasteiger partial charge in [0.2, 0.25) is 21.8 Å². The standard InChI is InChI=1S/C16H24N4O4S/c1-19(2)25(23,24)14-7-5-13(6-8-14)18-15(21)11-20-9-3-4-12(10-20)16(17)22/h5-8,12H,3-4,9-11H2,1-2H3,(H2,17,22)(H,18,21). The third-order valence-corrected chi connectivity index (χ3v) is 6.02. The number of rotatable bonds is 6. The number of likely N-dealkylation sites (tertiary alicyclic amines) is 1. The molecule has 3 N–H and O–H groups in total. The van der Waals surface area contributed by atoms with E-state index in [1.54, 1.807) is 12.1 Å². The molecular formula is C16H24N4O4S. The fourth-order valence-electron chi connectivity index (χ4n) is 2.76. The summed E-state index contributed by atoms with van der Waals surface area (Å²) >= 11 is 0. The van der Waals surface area contributed by atoms with Crippen LogP contribution in [0.4, 0.5) is 5.69 Å². The van der Waals surface area contributed by atoms with Gasteiger partial charge in [-0.1, -0.05) is 0 Å². The fourth-order valence-corrected chi connectivity index (χ4v) is 3.66. The van der Waals surface area contributed by atoms with Gasteiger partial charge in [-0.2, -0.15) is 0 Å². The lowest BCUT2D eigenvalue weighted by atomic mass is 9.97. The molecule has 0 spiro atoms. The maximum Gasteiger partial charge on any atom is 0.242 e. The largest absolute Gasteiger partial charge is 0.369 e. The lowest BCUT2D eigenvalue weighted by Gasteiger charge is -2.30. The highest BCUT2D eigenvalue weighted by Crippen LogP contribution is 2.18. The first kappa shape index (κ1) is 19.4. The second-order valence-electron chi connectivity index (χ2n) is 6.34. The van der Waals surface area contributed by atoms with Crippen LogP contribution in [0.2, 0.25) is 0 Å². The summed E-state index contributed by atoms with van der Waals surface area (Å²) in [7, 11) is -0.568. The van der Waals surface area contributed by atoms with Gasteiger partial charge in [0, 0.05) is 26.3 Å². The van der Waals surface area contributed by atoms with Gasteiger partial charge < -0.3 is 11.1 Å². The molecule has 0 aromatic heterocycles. The summed E-state index contributed by atoms with van der Waals surface area (Å²) in [6.07, 6.45) is 1.59. The minimum absolute atomic E-state index is 0.163. The van der Waals surface area contributed by atoms with Crippen molar-refractivity contribution in [2.45, 2.75) is 17.7 Å². The second kappa shape index (κ2) is 7.94.